The topological polar surface area (TPSA) is 49.8 Å². The van der Waals surface area contributed by atoms with Gasteiger partial charge in [-0.05, 0) is 56.2 Å². The molecule has 0 bridgehead atoms. The highest BCUT2D eigenvalue weighted by atomic mass is 16.5. The van der Waals surface area contributed by atoms with E-state index in [1.54, 1.807) is 7.11 Å². The van der Waals surface area contributed by atoms with Gasteiger partial charge in [-0.3, -0.25) is 9.69 Å². The zero-order chi connectivity index (χ0) is 17.3. The summed E-state index contributed by atoms with van der Waals surface area (Å²) in [5.41, 5.74) is 0.380. The third-order valence-corrected chi connectivity index (χ3v) is 6.23. The fourth-order valence-corrected chi connectivity index (χ4v) is 4.44. The van der Waals surface area contributed by atoms with Crippen LogP contribution in [0.2, 0.25) is 0 Å². The zero-order valence-electron chi connectivity index (χ0n) is 15.0. The number of hydrogen-bond donors (Lipinski definition) is 1. The summed E-state index contributed by atoms with van der Waals surface area (Å²) in [5.74, 6) is 0.967. The van der Waals surface area contributed by atoms with Crippen LogP contribution >= 0.6 is 0 Å². The molecule has 1 heterocycles. The summed E-state index contributed by atoms with van der Waals surface area (Å²) < 4.78 is 5.23. The minimum atomic E-state index is -0.725. The van der Waals surface area contributed by atoms with Crippen molar-refractivity contribution < 1.29 is 14.6 Å². The largest absolute Gasteiger partial charge is 0.497 e. The van der Waals surface area contributed by atoms with Crippen LogP contribution in [0.5, 0.6) is 5.75 Å². The lowest BCUT2D eigenvalue weighted by Crippen LogP contribution is -2.39. The molecule has 0 aromatic heterocycles. The quantitative estimate of drug-likeness (QED) is 0.912. The normalized spacial score (nSPS) is 34.2. The third kappa shape index (κ3) is 3.16. The number of aliphatic carboxylic acids is 1. The van der Waals surface area contributed by atoms with Crippen LogP contribution in [0.3, 0.4) is 0 Å². The molecule has 1 N–H and O–H groups in total. The number of likely N-dealkylation sites (tertiary alicyclic amines) is 1. The molecule has 1 aliphatic carbocycles. The molecule has 2 fully saturated rings. The van der Waals surface area contributed by atoms with E-state index in [0.717, 1.165) is 23.8 Å². The fourth-order valence-electron chi connectivity index (χ4n) is 4.44. The standard InChI is InChI=1S/C20H29NO3/c1-14-4-8-16(9-5-14)21-12-18(20(2,13-21)19(22)23)15-6-10-17(24-3)11-7-15/h6-7,10-11,14,16,18H,4-5,8-9,12-13H2,1-3H3,(H,22,23)/t14?,16?,18-,20+/m0/s1. The smallest absolute Gasteiger partial charge is 0.311 e. The summed E-state index contributed by atoms with van der Waals surface area (Å²) >= 11 is 0. The monoisotopic (exact) mass is 331 g/mol. The van der Waals surface area contributed by atoms with Gasteiger partial charge in [0.2, 0.25) is 0 Å². The van der Waals surface area contributed by atoms with Crippen LogP contribution in [0.25, 0.3) is 0 Å². The van der Waals surface area contributed by atoms with Crippen LogP contribution in [-0.4, -0.2) is 42.2 Å². The molecule has 4 heteroatoms. The highest BCUT2D eigenvalue weighted by Gasteiger charge is 2.50. The fraction of sp³-hybridized carbons (Fsp3) is 0.650. The molecule has 24 heavy (non-hydrogen) atoms. The highest BCUT2D eigenvalue weighted by molar-refractivity contribution is 5.76. The number of benzene rings is 1. The minimum Gasteiger partial charge on any atom is -0.497 e. The molecular formula is C20H29NO3. The van der Waals surface area contributed by atoms with E-state index in [2.05, 4.69) is 11.8 Å². The molecule has 0 radical (unpaired) electrons. The average Bonchev–Trinajstić information content (AvgIpc) is 2.95. The Hall–Kier alpha value is -1.55. The maximum absolute atomic E-state index is 12.1. The van der Waals surface area contributed by atoms with Gasteiger partial charge in [-0.2, -0.15) is 0 Å². The number of hydrogen-bond acceptors (Lipinski definition) is 3. The van der Waals surface area contributed by atoms with E-state index < -0.39 is 11.4 Å². The lowest BCUT2D eigenvalue weighted by Gasteiger charge is -2.34. The Bertz CT molecular complexity index is 577. The van der Waals surface area contributed by atoms with Crippen molar-refractivity contribution >= 4 is 5.97 Å². The number of ether oxygens (including phenoxy) is 1. The van der Waals surface area contributed by atoms with Gasteiger partial charge in [0.1, 0.15) is 5.75 Å². The number of carboxylic acids is 1. The van der Waals surface area contributed by atoms with Crippen molar-refractivity contribution in [2.45, 2.75) is 51.5 Å². The second-order valence-corrected chi connectivity index (χ2v) is 7.89. The number of rotatable bonds is 4. The van der Waals surface area contributed by atoms with Crippen LogP contribution in [0.15, 0.2) is 24.3 Å². The number of nitrogens with zero attached hydrogens (tertiary/aromatic N) is 1. The lowest BCUT2D eigenvalue weighted by molar-refractivity contribution is -0.148. The Labute approximate surface area is 144 Å². The van der Waals surface area contributed by atoms with Gasteiger partial charge in [0.15, 0.2) is 0 Å². The van der Waals surface area contributed by atoms with Gasteiger partial charge in [-0.1, -0.05) is 19.1 Å². The van der Waals surface area contributed by atoms with Crippen molar-refractivity contribution in [1.82, 2.24) is 4.90 Å². The zero-order valence-corrected chi connectivity index (χ0v) is 15.0. The van der Waals surface area contributed by atoms with E-state index in [9.17, 15) is 9.90 Å². The van der Waals surface area contributed by atoms with Crippen LogP contribution in [0.1, 0.15) is 51.0 Å². The minimum absolute atomic E-state index is 0.0280. The molecule has 2 aliphatic rings. The summed E-state index contributed by atoms with van der Waals surface area (Å²) in [6.07, 6.45) is 4.93. The van der Waals surface area contributed by atoms with Crippen LogP contribution in [-0.2, 0) is 4.79 Å². The Morgan fingerprint density at radius 3 is 2.38 bits per heavy atom. The van der Waals surface area contributed by atoms with Crippen LogP contribution in [0, 0.1) is 11.3 Å². The number of carbonyl (C=O) groups is 1. The van der Waals surface area contributed by atoms with Gasteiger partial charge in [-0.15, -0.1) is 0 Å². The summed E-state index contributed by atoms with van der Waals surface area (Å²) in [4.78, 5) is 14.5. The predicted octanol–water partition coefficient (Wildman–Crippen LogP) is 3.76. The third-order valence-electron chi connectivity index (χ3n) is 6.23. The molecule has 2 atom stereocenters. The van der Waals surface area contributed by atoms with Gasteiger partial charge in [0.25, 0.3) is 0 Å². The Morgan fingerprint density at radius 1 is 1.21 bits per heavy atom. The van der Waals surface area contributed by atoms with E-state index in [0.29, 0.717) is 12.6 Å². The molecule has 1 saturated heterocycles. The van der Waals surface area contributed by atoms with Gasteiger partial charge in [0, 0.05) is 25.0 Å². The Morgan fingerprint density at radius 2 is 1.83 bits per heavy atom. The first-order valence-corrected chi connectivity index (χ1v) is 9.05. The first kappa shape index (κ1) is 17.3. The SMILES string of the molecule is COc1ccc([C@@H]2CN(C3CCC(C)CC3)C[C@@]2(C)C(=O)O)cc1. The maximum atomic E-state index is 12.1. The molecule has 1 aromatic rings. The van der Waals surface area contributed by atoms with E-state index >= 15 is 0 Å². The van der Waals surface area contributed by atoms with Gasteiger partial charge < -0.3 is 9.84 Å². The van der Waals surface area contributed by atoms with E-state index in [-0.39, 0.29) is 5.92 Å². The molecule has 3 rings (SSSR count). The van der Waals surface area contributed by atoms with Gasteiger partial charge in [0.05, 0.1) is 12.5 Å². The number of carboxylic acid groups (broad SMARTS) is 1. The van der Waals surface area contributed by atoms with Crippen molar-refractivity contribution in [3.05, 3.63) is 29.8 Å². The highest BCUT2D eigenvalue weighted by Crippen LogP contribution is 2.45. The van der Waals surface area contributed by atoms with Crippen molar-refractivity contribution in [2.24, 2.45) is 11.3 Å². The van der Waals surface area contributed by atoms with Crippen molar-refractivity contribution in [3.8, 4) is 5.75 Å². The molecule has 1 aromatic carbocycles. The van der Waals surface area contributed by atoms with Gasteiger partial charge >= 0.3 is 5.97 Å². The van der Waals surface area contributed by atoms with Crippen molar-refractivity contribution in [1.29, 1.82) is 0 Å². The molecule has 4 nitrogen and oxygen atoms in total. The molecule has 0 spiro atoms. The molecule has 1 aliphatic heterocycles. The Balaban J connectivity index is 1.82. The van der Waals surface area contributed by atoms with E-state index in [4.69, 9.17) is 4.74 Å². The van der Waals surface area contributed by atoms with Crippen molar-refractivity contribution in [3.63, 3.8) is 0 Å². The van der Waals surface area contributed by atoms with Crippen LogP contribution < -0.4 is 4.74 Å². The first-order chi connectivity index (χ1) is 11.4. The van der Waals surface area contributed by atoms with Crippen LogP contribution in [0.4, 0.5) is 0 Å². The van der Waals surface area contributed by atoms with Crippen molar-refractivity contribution in [2.75, 3.05) is 20.2 Å². The second-order valence-electron chi connectivity index (χ2n) is 7.89. The molecular weight excluding hydrogens is 302 g/mol. The Kier molecular flexibility index (Phi) is 4.86. The van der Waals surface area contributed by atoms with E-state index in [1.165, 1.54) is 25.7 Å². The maximum Gasteiger partial charge on any atom is 0.311 e. The van der Waals surface area contributed by atoms with E-state index in [1.807, 2.05) is 31.2 Å². The second kappa shape index (κ2) is 6.75. The summed E-state index contributed by atoms with van der Waals surface area (Å²) in [6.45, 7) is 5.73. The lowest BCUT2D eigenvalue weighted by atomic mass is 9.76. The first-order valence-electron chi connectivity index (χ1n) is 9.05. The molecule has 132 valence electrons. The molecule has 0 amide bonds. The molecule has 0 unspecified atom stereocenters. The summed E-state index contributed by atoms with van der Waals surface area (Å²) in [6, 6.07) is 8.46. The van der Waals surface area contributed by atoms with Gasteiger partial charge in [-0.25, -0.2) is 0 Å². The molecule has 1 saturated carbocycles. The predicted molar refractivity (Wildman–Crippen MR) is 94.5 cm³/mol. The summed E-state index contributed by atoms with van der Waals surface area (Å²) in [7, 11) is 1.65. The summed E-state index contributed by atoms with van der Waals surface area (Å²) in [5, 5.41) is 9.91. The average molecular weight is 331 g/mol. The number of methoxy groups -OCH3 is 1.